The highest BCUT2D eigenvalue weighted by atomic mass is 16.5. The Balaban J connectivity index is 2.00. The molecular formula is C13H18N2O2. The van der Waals surface area contributed by atoms with E-state index in [9.17, 15) is 4.79 Å². The highest BCUT2D eigenvalue weighted by Gasteiger charge is 2.16. The molecule has 1 unspecified atom stereocenters. The highest BCUT2D eigenvalue weighted by Crippen LogP contribution is 2.26. The maximum absolute atomic E-state index is 11.3. The van der Waals surface area contributed by atoms with Gasteiger partial charge in [0.2, 0.25) is 0 Å². The zero-order chi connectivity index (χ0) is 12.3. The van der Waals surface area contributed by atoms with Crippen LogP contribution in [0.15, 0.2) is 18.2 Å². The normalized spacial score (nSPS) is 14.9. The van der Waals surface area contributed by atoms with E-state index in [0.717, 1.165) is 13.0 Å². The molecule has 92 valence electrons. The van der Waals surface area contributed by atoms with E-state index in [0.29, 0.717) is 6.54 Å². The Bertz CT molecular complexity index is 418. The van der Waals surface area contributed by atoms with E-state index in [1.54, 1.807) is 0 Å². The molecule has 1 atom stereocenters. The van der Waals surface area contributed by atoms with Crippen LogP contribution in [0.3, 0.4) is 0 Å². The molecule has 0 aliphatic carbocycles. The van der Waals surface area contributed by atoms with Gasteiger partial charge < -0.3 is 15.4 Å². The van der Waals surface area contributed by atoms with E-state index in [2.05, 4.69) is 33.6 Å². The van der Waals surface area contributed by atoms with Gasteiger partial charge in [0.25, 0.3) is 0 Å². The molecule has 0 saturated heterocycles. The summed E-state index contributed by atoms with van der Waals surface area (Å²) >= 11 is 0. The summed E-state index contributed by atoms with van der Waals surface area (Å²) in [5.74, 6) is -0.231. The van der Waals surface area contributed by atoms with Crippen LogP contribution in [0.4, 0.5) is 5.69 Å². The number of methoxy groups -OCH3 is 1. The first-order valence-corrected chi connectivity index (χ1v) is 5.88. The van der Waals surface area contributed by atoms with E-state index in [1.165, 1.54) is 23.9 Å². The van der Waals surface area contributed by atoms with Crippen molar-refractivity contribution in [1.82, 2.24) is 5.32 Å². The number of hydrogen-bond donors (Lipinski definition) is 2. The SMILES string of the molecule is COC(=O)C(C)NCc1cccc2c1NCC2. The summed E-state index contributed by atoms with van der Waals surface area (Å²) in [6.45, 7) is 3.48. The van der Waals surface area contributed by atoms with Crippen molar-refractivity contribution in [2.75, 3.05) is 19.0 Å². The van der Waals surface area contributed by atoms with Crippen LogP contribution in [0, 0.1) is 0 Å². The molecule has 0 saturated carbocycles. The Morgan fingerprint density at radius 2 is 2.41 bits per heavy atom. The first-order valence-electron chi connectivity index (χ1n) is 5.88. The molecule has 1 aliphatic rings. The van der Waals surface area contributed by atoms with Crippen LogP contribution in [0.2, 0.25) is 0 Å². The molecule has 0 radical (unpaired) electrons. The summed E-state index contributed by atoms with van der Waals surface area (Å²) in [7, 11) is 1.41. The van der Waals surface area contributed by atoms with Crippen molar-refractivity contribution in [2.45, 2.75) is 25.9 Å². The zero-order valence-electron chi connectivity index (χ0n) is 10.2. The third-order valence-electron chi connectivity index (χ3n) is 3.09. The fourth-order valence-electron chi connectivity index (χ4n) is 2.08. The molecule has 1 aliphatic heterocycles. The summed E-state index contributed by atoms with van der Waals surface area (Å²) in [5, 5.41) is 6.54. The molecule has 4 nitrogen and oxygen atoms in total. The summed E-state index contributed by atoms with van der Waals surface area (Å²) in [6, 6.07) is 6.00. The van der Waals surface area contributed by atoms with Gasteiger partial charge in [-0.1, -0.05) is 18.2 Å². The first kappa shape index (κ1) is 11.9. The van der Waals surface area contributed by atoms with Crippen LogP contribution >= 0.6 is 0 Å². The van der Waals surface area contributed by atoms with E-state index >= 15 is 0 Å². The molecule has 2 N–H and O–H groups in total. The van der Waals surface area contributed by atoms with Crippen molar-refractivity contribution in [3.8, 4) is 0 Å². The number of esters is 1. The predicted molar refractivity (Wildman–Crippen MR) is 67.0 cm³/mol. The molecule has 0 spiro atoms. The molecule has 2 rings (SSSR count). The van der Waals surface area contributed by atoms with Gasteiger partial charge in [0.1, 0.15) is 6.04 Å². The average Bonchev–Trinajstić information content (AvgIpc) is 2.83. The largest absolute Gasteiger partial charge is 0.468 e. The van der Waals surface area contributed by atoms with Crippen LogP contribution in [-0.4, -0.2) is 25.7 Å². The second-order valence-electron chi connectivity index (χ2n) is 4.25. The lowest BCUT2D eigenvalue weighted by molar-refractivity contribution is -0.142. The number of carbonyl (C=O) groups excluding carboxylic acids is 1. The van der Waals surface area contributed by atoms with E-state index in [-0.39, 0.29) is 12.0 Å². The molecule has 1 aromatic carbocycles. The number of rotatable bonds is 4. The molecule has 1 aromatic rings. The fraction of sp³-hybridized carbons (Fsp3) is 0.462. The van der Waals surface area contributed by atoms with Crippen LogP contribution < -0.4 is 10.6 Å². The van der Waals surface area contributed by atoms with Gasteiger partial charge in [0, 0.05) is 18.8 Å². The zero-order valence-corrected chi connectivity index (χ0v) is 10.2. The number of para-hydroxylation sites is 1. The Kier molecular flexibility index (Phi) is 3.64. The Labute approximate surface area is 101 Å². The average molecular weight is 234 g/mol. The number of hydrogen-bond acceptors (Lipinski definition) is 4. The van der Waals surface area contributed by atoms with Crippen molar-refractivity contribution >= 4 is 11.7 Å². The number of benzene rings is 1. The second-order valence-corrected chi connectivity index (χ2v) is 4.25. The molecular weight excluding hydrogens is 216 g/mol. The van der Waals surface area contributed by atoms with Crippen molar-refractivity contribution < 1.29 is 9.53 Å². The highest BCUT2D eigenvalue weighted by molar-refractivity contribution is 5.75. The van der Waals surface area contributed by atoms with Gasteiger partial charge in [0.15, 0.2) is 0 Å². The lowest BCUT2D eigenvalue weighted by atomic mass is 10.1. The summed E-state index contributed by atoms with van der Waals surface area (Å²) in [5.41, 5.74) is 3.78. The van der Waals surface area contributed by atoms with E-state index in [4.69, 9.17) is 0 Å². The lowest BCUT2D eigenvalue weighted by Crippen LogP contribution is -2.34. The minimum absolute atomic E-state index is 0.231. The van der Waals surface area contributed by atoms with Gasteiger partial charge in [-0.3, -0.25) is 4.79 Å². The minimum atomic E-state index is -0.280. The van der Waals surface area contributed by atoms with Crippen molar-refractivity contribution in [3.05, 3.63) is 29.3 Å². The van der Waals surface area contributed by atoms with E-state index in [1.807, 2.05) is 6.92 Å². The van der Waals surface area contributed by atoms with Gasteiger partial charge in [-0.25, -0.2) is 0 Å². The monoisotopic (exact) mass is 234 g/mol. The Morgan fingerprint density at radius 3 is 3.18 bits per heavy atom. The van der Waals surface area contributed by atoms with Gasteiger partial charge in [0.05, 0.1) is 7.11 Å². The van der Waals surface area contributed by atoms with E-state index < -0.39 is 0 Å². The quantitative estimate of drug-likeness (QED) is 0.771. The molecule has 4 heteroatoms. The van der Waals surface area contributed by atoms with Gasteiger partial charge in [-0.05, 0) is 24.5 Å². The topological polar surface area (TPSA) is 50.4 Å². The molecule has 0 aromatic heterocycles. The Morgan fingerprint density at radius 1 is 1.59 bits per heavy atom. The minimum Gasteiger partial charge on any atom is -0.468 e. The molecule has 0 fully saturated rings. The van der Waals surface area contributed by atoms with Gasteiger partial charge in [-0.2, -0.15) is 0 Å². The maximum atomic E-state index is 11.3. The summed E-state index contributed by atoms with van der Waals surface area (Å²) < 4.78 is 4.68. The summed E-state index contributed by atoms with van der Waals surface area (Å²) in [6.07, 6.45) is 1.08. The first-order chi connectivity index (χ1) is 8.22. The third kappa shape index (κ3) is 2.58. The van der Waals surface area contributed by atoms with Gasteiger partial charge >= 0.3 is 5.97 Å². The van der Waals surface area contributed by atoms with Crippen LogP contribution in [0.25, 0.3) is 0 Å². The van der Waals surface area contributed by atoms with Crippen LogP contribution in [0.1, 0.15) is 18.1 Å². The number of fused-ring (bicyclic) bond motifs is 1. The molecule has 1 heterocycles. The predicted octanol–water partition coefficient (Wildman–Crippen LogP) is 1.31. The van der Waals surface area contributed by atoms with Crippen molar-refractivity contribution in [2.24, 2.45) is 0 Å². The van der Waals surface area contributed by atoms with Crippen molar-refractivity contribution in [1.29, 1.82) is 0 Å². The third-order valence-corrected chi connectivity index (χ3v) is 3.09. The maximum Gasteiger partial charge on any atom is 0.322 e. The standard InChI is InChI=1S/C13H18N2O2/c1-9(13(16)17-2)15-8-11-5-3-4-10-6-7-14-12(10)11/h3-5,9,14-15H,6-8H2,1-2H3. The van der Waals surface area contributed by atoms with Crippen molar-refractivity contribution in [3.63, 3.8) is 0 Å². The number of anilines is 1. The van der Waals surface area contributed by atoms with Gasteiger partial charge in [-0.15, -0.1) is 0 Å². The number of nitrogens with one attached hydrogen (secondary N) is 2. The molecule has 0 amide bonds. The summed E-state index contributed by atoms with van der Waals surface area (Å²) in [4.78, 5) is 11.3. The Hall–Kier alpha value is -1.55. The fourth-order valence-corrected chi connectivity index (χ4v) is 2.08. The second kappa shape index (κ2) is 5.19. The van der Waals surface area contributed by atoms with Crippen LogP contribution in [-0.2, 0) is 22.5 Å². The number of carbonyl (C=O) groups is 1. The number of ether oxygens (including phenoxy) is 1. The smallest absolute Gasteiger partial charge is 0.322 e. The molecule has 0 bridgehead atoms. The lowest BCUT2D eigenvalue weighted by Gasteiger charge is -2.13. The van der Waals surface area contributed by atoms with Crippen LogP contribution in [0.5, 0.6) is 0 Å². The molecule has 17 heavy (non-hydrogen) atoms.